The predicted octanol–water partition coefficient (Wildman–Crippen LogP) is 5.05. The molecule has 0 aromatic carbocycles. The van der Waals surface area contributed by atoms with Crippen molar-refractivity contribution in [3.63, 3.8) is 0 Å². The molecule has 0 fully saturated rings. The quantitative estimate of drug-likeness (QED) is 0.266. The number of Topliss-reactive ketones (excluding diaryl/α,β-unsaturated/α-hetero) is 1. The predicted molar refractivity (Wildman–Crippen MR) is 100 cm³/mol. The summed E-state index contributed by atoms with van der Waals surface area (Å²) in [5, 5.41) is 0. The number of ketones is 2. The summed E-state index contributed by atoms with van der Waals surface area (Å²) in [5.74, 6) is -0.237. The smallest absolute Gasteiger partial charge is 0.227 e. The van der Waals surface area contributed by atoms with Crippen molar-refractivity contribution >= 4 is 11.6 Å². The summed E-state index contributed by atoms with van der Waals surface area (Å²) in [5.41, 5.74) is 0.450. The van der Waals surface area contributed by atoms with Crippen LogP contribution in [0.5, 0.6) is 0 Å². The number of carbonyl (C=O) groups is 2. The van der Waals surface area contributed by atoms with Gasteiger partial charge in [-0.3, -0.25) is 9.59 Å². The van der Waals surface area contributed by atoms with Gasteiger partial charge in [0.15, 0.2) is 11.5 Å². The Bertz CT molecular complexity index is 526. The Labute approximate surface area is 152 Å². The molecule has 0 bridgehead atoms. The molecule has 4 heteroatoms. The summed E-state index contributed by atoms with van der Waals surface area (Å²) in [4.78, 5) is 24.2. The van der Waals surface area contributed by atoms with Gasteiger partial charge in [-0.2, -0.15) is 0 Å². The van der Waals surface area contributed by atoms with Crippen LogP contribution in [0.3, 0.4) is 0 Å². The zero-order valence-corrected chi connectivity index (χ0v) is 15.9. The van der Waals surface area contributed by atoms with Crippen molar-refractivity contribution in [2.24, 2.45) is 0 Å². The van der Waals surface area contributed by atoms with E-state index in [9.17, 15) is 9.59 Å². The van der Waals surface area contributed by atoms with E-state index < -0.39 is 0 Å². The van der Waals surface area contributed by atoms with Gasteiger partial charge in [-0.05, 0) is 32.1 Å². The molecule has 0 saturated carbocycles. The van der Waals surface area contributed by atoms with E-state index in [4.69, 9.17) is 9.47 Å². The number of rotatable bonds is 13. The molecule has 0 atom stereocenters. The Hall–Kier alpha value is -1.84. The molecule has 0 heterocycles. The van der Waals surface area contributed by atoms with Gasteiger partial charge in [0.1, 0.15) is 0 Å². The number of methoxy groups -OCH3 is 2. The van der Waals surface area contributed by atoms with Crippen LogP contribution in [0.1, 0.15) is 71.1 Å². The van der Waals surface area contributed by atoms with E-state index >= 15 is 0 Å². The highest BCUT2D eigenvalue weighted by Gasteiger charge is 2.29. The van der Waals surface area contributed by atoms with E-state index in [-0.39, 0.29) is 23.1 Å². The van der Waals surface area contributed by atoms with Gasteiger partial charge in [-0.25, -0.2) is 0 Å². The zero-order chi connectivity index (χ0) is 18.5. The lowest BCUT2D eigenvalue weighted by Gasteiger charge is -2.17. The normalized spacial score (nSPS) is 15.1. The van der Waals surface area contributed by atoms with Gasteiger partial charge in [-0.1, -0.05) is 51.2 Å². The summed E-state index contributed by atoms with van der Waals surface area (Å²) < 4.78 is 10.1. The van der Waals surface area contributed by atoms with Crippen molar-refractivity contribution in [1.82, 2.24) is 0 Å². The van der Waals surface area contributed by atoms with Crippen LogP contribution in [-0.4, -0.2) is 25.8 Å². The Morgan fingerprint density at radius 1 is 0.880 bits per heavy atom. The molecule has 0 saturated heterocycles. The van der Waals surface area contributed by atoms with Crippen LogP contribution < -0.4 is 0 Å². The molecule has 0 aliphatic heterocycles. The first-order chi connectivity index (χ1) is 12.2. The minimum atomic E-state index is -0.288. The van der Waals surface area contributed by atoms with E-state index in [1.54, 1.807) is 0 Å². The Morgan fingerprint density at radius 3 is 2.16 bits per heavy atom. The molecule has 4 nitrogen and oxygen atoms in total. The molecule has 0 aromatic rings. The fourth-order valence-corrected chi connectivity index (χ4v) is 2.91. The molecule has 0 radical (unpaired) electrons. The highest BCUT2D eigenvalue weighted by atomic mass is 16.5. The van der Waals surface area contributed by atoms with E-state index in [0.717, 1.165) is 25.7 Å². The average Bonchev–Trinajstić information content (AvgIpc) is 2.62. The molecular weight excluding hydrogens is 316 g/mol. The fraction of sp³-hybridized carbons (Fsp3) is 0.619. The first-order valence-electron chi connectivity index (χ1n) is 9.42. The van der Waals surface area contributed by atoms with Crippen molar-refractivity contribution in [2.75, 3.05) is 14.2 Å². The molecule has 25 heavy (non-hydrogen) atoms. The van der Waals surface area contributed by atoms with Crippen LogP contribution in [0.15, 0.2) is 35.3 Å². The molecule has 0 spiro atoms. The third kappa shape index (κ3) is 7.29. The first kappa shape index (κ1) is 21.2. The second-order valence-electron chi connectivity index (χ2n) is 6.34. The molecule has 1 aliphatic rings. The lowest BCUT2D eigenvalue weighted by Crippen LogP contribution is -2.21. The van der Waals surface area contributed by atoms with E-state index in [2.05, 4.69) is 19.1 Å². The van der Waals surface area contributed by atoms with Crippen molar-refractivity contribution in [1.29, 1.82) is 0 Å². The Balaban J connectivity index is 2.27. The Morgan fingerprint density at radius 2 is 1.52 bits per heavy atom. The minimum Gasteiger partial charge on any atom is -0.493 e. The maximum absolute atomic E-state index is 12.3. The maximum atomic E-state index is 12.3. The number of ether oxygens (including phenoxy) is 2. The highest BCUT2D eigenvalue weighted by Crippen LogP contribution is 2.25. The van der Waals surface area contributed by atoms with Gasteiger partial charge < -0.3 is 9.47 Å². The first-order valence-corrected chi connectivity index (χ1v) is 9.42. The number of allylic oxidation sites excluding steroid dienone is 4. The van der Waals surface area contributed by atoms with Crippen molar-refractivity contribution < 1.29 is 19.1 Å². The summed E-state index contributed by atoms with van der Waals surface area (Å²) in [7, 11) is 2.84. The largest absolute Gasteiger partial charge is 0.493 e. The van der Waals surface area contributed by atoms with E-state index in [1.165, 1.54) is 52.4 Å². The van der Waals surface area contributed by atoms with Gasteiger partial charge in [0.2, 0.25) is 11.6 Å². The molecule has 0 unspecified atom stereocenters. The van der Waals surface area contributed by atoms with Crippen LogP contribution >= 0.6 is 0 Å². The fourth-order valence-electron chi connectivity index (χ4n) is 2.91. The second-order valence-corrected chi connectivity index (χ2v) is 6.34. The second kappa shape index (κ2) is 12.5. The van der Waals surface area contributed by atoms with Gasteiger partial charge in [-0.15, -0.1) is 0 Å². The monoisotopic (exact) mass is 348 g/mol. The van der Waals surface area contributed by atoms with Crippen molar-refractivity contribution in [3.05, 3.63) is 35.3 Å². The SMILES string of the molecule is CCCC/C=C\CCCCCCCC1=C(OC)C(=O)C=C(OC)C1=O. The number of hydrogen-bond acceptors (Lipinski definition) is 4. The third-order valence-corrected chi connectivity index (χ3v) is 4.37. The molecule has 1 aliphatic carbocycles. The Kier molecular flexibility index (Phi) is 10.6. The van der Waals surface area contributed by atoms with Crippen LogP contribution in [-0.2, 0) is 19.1 Å². The number of hydrogen-bond donors (Lipinski definition) is 0. The van der Waals surface area contributed by atoms with Crippen molar-refractivity contribution in [2.45, 2.75) is 71.1 Å². The van der Waals surface area contributed by atoms with Crippen LogP contribution in [0.4, 0.5) is 0 Å². The molecule has 140 valence electrons. The van der Waals surface area contributed by atoms with Crippen molar-refractivity contribution in [3.8, 4) is 0 Å². The molecule has 0 amide bonds. The van der Waals surface area contributed by atoms with Gasteiger partial charge in [0, 0.05) is 11.6 Å². The summed E-state index contributed by atoms with van der Waals surface area (Å²) in [6.07, 6.45) is 16.7. The number of unbranched alkanes of at least 4 members (excludes halogenated alkanes) is 7. The zero-order valence-electron chi connectivity index (χ0n) is 15.9. The summed E-state index contributed by atoms with van der Waals surface area (Å²) in [6, 6.07) is 0. The lowest BCUT2D eigenvalue weighted by atomic mass is 9.94. The molecule has 0 aromatic heterocycles. The topological polar surface area (TPSA) is 52.6 Å². The highest BCUT2D eigenvalue weighted by molar-refractivity contribution is 6.21. The standard InChI is InChI=1S/C21H32O4/c1-4-5-6-7-8-9-10-11-12-13-14-15-17-20(23)19(24-2)16-18(22)21(17)25-3/h7-8,16H,4-6,9-15H2,1-3H3/b8-7-. The third-order valence-electron chi connectivity index (χ3n) is 4.37. The summed E-state index contributed by atoms with van der Waals surface area (Å²) >= 11 is 0. The minimum absolute atomic E-state index is 0.107. The van der Waals surface area contributed by atoms with Gasteiger partial charge in [0.25, 0.3) is 0 Å². The molecular formula is C21H32O4. The van der Waals surface area contributed by atoms with Gasteiger partial charge in [0.05, 0.1) is 14.2 Å². The van der Waals surface area contributed by atoms with Crippen LogP contribution in [0, 0.1) is 0 Å². The average molecular weight is 348 g/mol. The van der Waals surface area contributed by atoms with Gasteiger partial charge >= 0.3 is 0 Å². The molecule has 0 N–H and O–H groups in total. The maximum Gasteiger partial charge on any atom is 0.227 e. The van der Waals surface area contributed by atoms with Crippen LogP contribution in [0.25, 0.3) is 0 Å². The lowest BCUT2D eigenvalue weighted by molar-refractivity contribution is -0.120. The van der Waals surface area contributed by atoms with Crippen LogP contribution in [0.2, 0.25) is 0 Å². The summed E-state index contributed by atoms with van der Waals surface area (Å²) in [6.45, 7) is 2.21. The van der Waals surface area contributed by atoms with E-state index in [1.807, 2.05) is 0 Å². The van der Waals surface area contributed by atoms with E-state index in [0.29, 0.717) is 12.0 Å². The number of carbonyl (C=O) groups excluding carboxylic acids is 2. The molecule has 1 rings (SSSR count).